The van der Waals surface area contributed by atoms with Crippen molar-refractivity contribution in [2.24, 2.45) is 0 Å². The van der Waals surface area contributed by atoms with Crippen molar-refractivity contribution in [2.75, 3.05) is 6.54 Å². The number of hydrogen-bond acceptors (Lipinski definition) is 2. The Labute approximate surface area is 102 Å². The molecule has 2 aliphatic rings. The van der Waals surface area contributed by atoms with Crippen LogP contribution >= 0.6 is 0 Å². The number of hydrogen-bond donors (Lipinski definition) is 1. The summed E-state index contributed by atoms with van der Waals surface area (Å²) in [7, 11) is -0.537. The van der Waals surface area contributed by atoms with Gasteiger partial charge in [-0.1, -0.05) is 19.8 Å². The minimum absolute atomic E-state index is 0.498. The van der Waals surface area contributed by atoms with Gasteiger partial charge in [0.25, 0.3) is 0 Å². The molecule has 3 heteroatoms. The molecule has 94 valence electrons. The summed E-state index contributed by atoms with van der Waals surface area (Å²) in [6.07, 6.45) is 9.83. The summed E-state index contributed by atoms with van der Waals surface area (Å²) in [6, 6.07) is 0.648. The molecule has 0 heterocycles. The summed E-state index contributed by atoms with van der Waals surface area (Å²) in [6.45, 7) is 3.32. The molecule has 2 rings (SSSR count). The highest BCUT2D eigenvalue weighted by Gasteiger charge is 2.33. The van der Waals surface area contributed by atoms with Crippen molar-refractivity contribution in [1.82, 2.24) is 5.32 Å². The molecule has 0 radical (unpaired) electrons. The van der Waals surface area contributed by atoms with Crippen molar-refractivity contribution >= 4 is 10.8 Å². The number of rotatable bonds is 5. The molecule has 0 saturated heterocycles. The van der Waals surface area contributed by atoms with E-state index in [1.54, 1.807) is 0 Å². The fraction of sp³-hybridized carbons (Fsp3) is 1.00. The Hall–Kier alpha value is 0.110. The molecule has 0 spiro atoms. The minimum atomic E-state index is -0.537. The van der Waals surface area contributed by atoms with E-state index in [-0.39, 0.29) is 0 Å². The van der Waals surface area contributed by atoms with E-state index < -0.39 is 10.8 Å². The molecule has 0 bridgehead atoms. The van der Waals surface area contributed by atoms with Gasteiger partial charge in [-0.15, -0.1) is 0 Å². The van der Waals surface area contributed by atoms with Crippen LogP contribution in [0, 0.1) is 0 Å². The van der Waals surface area contributed by atoms with Gasteiger partial charge in [-0.3, -0.25) is 4.21 Å². The van der Waals surface area contributed by atoms with Gasteiger partial charge in [0.1, 0.15) is 0 Å². The molecule has 2 fully saturated rings. The third kappa shape index (κ3) is 3.07. The zero-order valence-electron chi connectivity index (χ0n) is 10.4. The zero-order valence-corrected chi connectivity index (χ0v) is 11.2. The summed E-state index contributed by atoms with van der Waals surface area (Å²) in [5.74, 6) is 0. The maximum absolute atomic E-state index is 12.4. The maximum atomic E-state index is 12.4. The molecule has 3 atom stereocenters. The van der Waals surface area contributed by atoms with Crippen molar-refractivity contribution in [3.05, 3.63) is 0 Å². The van der Waals surface area contributed by atoms with E-state index in [4.69, 9.17) is 0 Å². The standard InChI is InChI=1S/C13H25NOS/c1-2-9-14-11-7-8-13(10-11)16(15)12-5-3-4-6-12/h11-14H,2-10H2,1H3. The highest BCUT2D eigenvalue weighted by Crippen LogP contribution is 2.31. The summed E-state index contributed by atoms with van der Waals surface area (Å²) in [5, 5.41) is 4.61. The minimum Gasteiger partial charge on any atom is -0.314 e. The lowest BCUT2D eigenvalue weighted by atomic mass is 10.2. The molecule has 16 heavy (non-hydrogen) atoms. The van der Waals surface area contributed by atoms with Crippen LogP contribution < -0.4 is 5.32 Å². The van der Waals surface area contributed by atoms with Crippen molar-refractivity contribution in [3.8, 4) is 0 Å². The first-order chi connectivity index (χ1) is 7.81. The molecule has 0 aromatic carbocycles. The lowest BCUT2D eigenvalue weighted by Crippen LogP contribution is -2.29. The van der Waals surface area contributed by atoms with Crippen LogP contribution in [0.1, 0.15) is 58.3 Å². The van der Waals surface area contributed by atoms with Crippen molar-refractivity contribution in [2.45, 2.75) is 74.8 Å². The Balaban J connectivity index is 1.76. The highest BCUT2D eigenvalue weighted by molar-refractivity contribution is 7.86. The smallest absolute Gasteiger partial charge is 0.0366 e. The Bertz CT molecular complexity index is 238. The van der Waals surface area contributed by atoms with Gasteiger partial charge in [0.15, 0.2) is 0 Å². The third-order valence-corrected chi connectivity index (χ3v) is 6.24. The molecule has 3 unspecified atom stereocenters. The zero-order chi connectivity index (χ0) is 11.4. The second-order valence-corrected chi connectivity index (χ2v) is 7.31. The first kappa shape index (κ1) is 12.6. The Kier molecular flexibility index (Phi) is 4.83. The monoisotopic (exact) mass is 243 g/mol. The SMILES string of the molecule is CCCNC1CCC(S(=O)C2CCCC2)C1. The molecule has 0 aromatic heterocycles. The molecule has 0 amide bonds. The largest absolute Gasteiger partial charge is 0.314 e. The highest BCUT2D eigenvalue weighted by atomic mass is 32.2. The fourth-order valence-electron chi connectivity index (χ4n) is 3.08. The lowest BCUT2D eigenvalue weighted by Gasteiger charge is -2.16. The van der Waals surface area contributed by atoms with Gasteiger partial charge in [-0.25, -0.2) is 0 Å². The van der Waals surface area contributed by atoms with Crippen LogP contribution in [0.4, 0.5) is 0 Å². The first-order valence-corrected chi connectivity index (χ1v) is 8.21. The summed E-state index contributed by atoms with van der Waals surface area (Å²) < 4.78 is 12.4. The maximum Gasteiger partial charge on any atom is 0.0366 e. The molecule has 2 aliphatic carbocycles. The van der Waals surface area contributed by atoms with Crippen LogP contribution in [0.25, 0.3) is 0 Å². The van der Waals surface area contributed by atoms with Gasteiger partial charge in [-0.2, -0.15) is 0 Å². The second kappa shape index (κ2) is 6.15. The molecule has 0 aromatic rings. The van der Waals surface area contributed by atoms with Crippen LogP contribution in [0.3, 0.4) is 0 Å². The van der Waals surface area contributed by atoms with E-state index in [0.29, 0.717) is 16.5 Å². The molecule has 0 aliphatic heterocycles. The van der Waals surface area contributed by atoms with Gasteiger partial charge in [-0.05, 0) is 45.1 Å². The first-order valence-electron chi connectivity index (χ1n) is 6.94. The topological polar surface area (TPSA) is 29.1 Å². The Morgan fingerprint density at radius 2 is 1.88 bits per heavy atom. The summed E-state index contributed by atoms with van der Waals surface area (Å²) in [4.78, 5) is 0. The van der Waals surface area contributed by atoms with Crippen molar-refractivity contribution in [3.63, 3.8) is 0 Å². The van der Waals surface area contributed by atoms with Gasteiger partial charge in [0.05, 0.1) is 0 Å². The van der Waals surface area contributed by atoms with Crippen LogP contribution in [-0.4, -0.2) is 27.3 Å². The van der Waals surface area contributed by atoms with E-state index in [0.717, 1.165) is 13.0 Å². The average molecular weight is 243 g/mol. The Morgan fingerprint density at radius 1 is 1.12 bits per heavy atom. The summed E-state index contributed by atoms with van der Waals surface area (Å²) >= 11 is 0. The average Bonchev–Trinajstić information content (AvgIpc) is 2.96. The molecule has 2 nitrogen and oxygen atoms in total. The normalized spacial score (nSPS) is 33.3. The second-order valence-electron chi connectivity index (χ2n) is 5.32. The van der Waals surface area contributed by atoms with Crippen LogP contribution in [-0.2, 0) is 10.8 Å². The van der Waals surface area contributed by atoms with Gasteiger partial charge < -0.3 is 5.32 Å². The molecular formula is C13H25NOS. The fourth-order valence-corrected chi connectivity index (χ4v) is 5.21. The predicted octanol–water partition coefficient (Wildman–Crippen LogP) is 2.60. The molecular weight excluding hydrogens is 218 g/mol. The van der Waals surface area contributed by atoms with Crippen molar-refractivity contribution in [1.29, 1.82) is 0 Å². The Morgan fingerprint density at radius 3 is 2.56 bits per heavy atom. The van der Waals surface area contributed by atoms with Crippen LogP contribution in [0.2, 0.25) is 0 Å². The van der Waals surface area contributed by atoms with Crippen molar-refractivity contribution < 1.29 is 4.21 Å². The van der Waals surface area contributed by atoms with E-state index in [2.05, 4.69) is 12.2 Å². The van der Waals surface area contributed by atoms with E-state index in [1.807, 2.05) is 0 Å². The molecule has 2 saturated carbocycles. The third-order valence-electron chi connectivity index (χ3n) is 4.03. The van der Waals surface area contributed by atoms with E-state index in [1.165, 1.54) is 44.9 Å². The van der Waals surface area contributed by atoms with E-state index in [9.17, 15) is 4.21 Å². The van der Waals surface area contributed by atoms with Gasteiger partial charge in [0.2, 0.25) is 0 Å². The van der Waals surface area contributed by atoms with Gasteiger partial charge in [0, 0.05) is 27.3 Å². The molecule has 1 N–H and O–H groups in total. The predicted molar refractivity (Wildman–Crippen MR) is 70.1 cm³/mol. The number of nitrogens with one attached hydrogen (secondary N) is 1. The summed E-state index contributed by atoms with van der Waals surface area (Å²) in [5.41, 5.74) is 0. The van der Waals surface area contributed by atoms with Gasteiger partial charge >= 0.3 is 0 Å². The van der Waals surface area contributed by atoms with Crippen LogP contribution in [0.5, 0.6) is 0 Å². The lowest BCUT2D eigenvalue weighted by molar-refractivity contribution is 0.523. The van der Waals surface area contributed by atoms with Crippen LogP contribution in [0.15, 0.2) is 0 Å². The van der Waals surface area contributed by atoms with E-state index >= 15 is 0 Å². The quantitative estimate of drug-likeness (QED) is 0.804.